The lowest BCUT2D eigenvalue weighted by atomic mass is 9.49. The summed E-state index contributed by atoms with van der Waals surface area (Å²) in [6, 6.07) is 0. The Balaban J connectivity index is 0.000000167. The Morgan fingerprint density at radius 1 is 0.366 bits per heavy atom. The lowest BCUT2D eigenvalue weighted by Crippen LogP contribution is -2.51. The summed E-state index contributed by atoms with van der Waals surface area (Å²) >= 11 is 0. The molecule has 0 unspecified atom stereocenters. The van der Waals surface area contributed by atoms with E-state index in [-0.39, 0.29) is 74.0 Å². The van der Waals surface area contributed by atoms with Gasteiger partial charge in [-0.1, -0.05) is 0 Å². The molecule has 0 radical (unpaired) electrons. The van der Waals surface area contributed by atoms with Crippen molar-refractivity contribution in [2.75, 3.05) is 33.2 Å². The van der Waals surface area contributed by atoms with Gasteiger partial charge in [-0.05, 0) is 192 Å². The van der Waals surface area contributed by atoms with Crippen molar-refractivity contribution in [3.05, 3.63) is 0 Å². The summed E-state index contributed by atoms with van der Waals surface area (Å²) in [4.78, 5) is 149. The zero-order chi connectivity index (χ0) is 58.2. The zero-order valence-corrected chi connectivity index (χ0v) is 47.3. The minimum Gasteiger partial charge on any atom is -0.428 e. The molecule has 6 amide bonds. The Morgan fingerprint density at radius 3 is 0.854 bits per heavy atom. The minimum absolute atomic E-state index is 0.0447. The van der Waals surface area contributed by atoms with Crippen LogP contribution >= 0.6 is 0 Å². The Morgan fingerprint density at radius 2 is 0.598 bits per heavy atom. The standard InChI is InChI=1S/C31H46N2O6.C17H18N2O12.C11H19N/c34-26(32-17-30-11-20-5-21(12-30)7-22(6-20)13-30)1-3-28(36)38-19-39-29(37)4-2-27(35)33-18-31-14-23-8-24(15-31)10-25(9-23)16-31;20-10-1-2-11(21)18(10)30-16(26)7-5-14(24)28-9-29-15(25)6-8-17(27)31-19-12(22)3-4-13(19)23;12-7-11-4-8-1-9(5-11)3-10(2-8)6-11/h20-25H,1-19H2,(H,32,34)(H,33,35);1-9H2;8-10H,1-7,12H2. The monoisotopic (exact) mass is 1150 g/mol. The number of esters is 4. The highest BCUT2D eigenvalue weighted by molar-refractivity contribution is 6.02. The van der Waals surface area contributed by atoms with E-state index in [1.807, 2.05) is 0 Å². The molecule has 4 N–H and O–H groups in total. The molecule has 23 nitrogen and oxygen atoms in total. The lowest BCUT2D eigenvalue weighted by Gasteiger charge is -2.56. The number of hydroxylamine groups is 4. The lowest BCUT2D eigenvalue weighted by molar-refractivity contribution is -0.198. The van der Waals surface area contributed by atoms with Gasteiger partial charge in [0, 0.05) is 51.6 Å². The van der Waals surface area contributed by atoms with Crippen molar-refractivity contribution in [3.63, 3.8) is 0 Å². The molecule has 12 aliphatic carbocycles. The summed E-state index contributed by atoms with van der Waals surface area (Å²) in [5.74, 6) is 0.395. The first-order valence-electron chi connectivity index (χ1n) is 30.2. The Bertz CT molecular complexity index is 2200. The van der Waals surface area contributed by atoms with Crippen LogP contribution in [0.25, 0.3) is 0 Å². The second kappa shape index (κ2) is 26.7. The molecule has 0 aromatic rings. The highest BCUT2D eigenvalue weighted by Gasteiger charge is 2.53. The van der Waals surface area contributed by atoms with Crippen LogP contribution in [0.1, 0.15) is 193 Å². The van der Waals surface area contributed by atoms with Crippen LogP contribution in [-0.4, -0.2) is 115 Å². The van der Waals surface area contributed by atoms with Gasteiger partial charge in [-0.25, -0.2) is 9.59 Å². The maximum Gasteiger partial charge on any atom is 0.333 e. The molecule has 14 fully saturated rings. The van der Waals surface area contributed by atoms with Crippen LogP contribution in [0.15, 0.2) is 0 Å². The molecule has 12 saturated carbocycles. The summed E-state index contributed by atoms with van der Waals surface area (Å²) in [6.07, 6.45) is 22.6. The highest BCUT2D eigenvalue weighted by Crippen LogP contribution is 2.62. The van der Waals surface area contributed by atoms with Crippen molar-refractivity contribution in [3.8, 4) is 0 Å². The van der Waals surface area contributed by atoms with E-state index in [2.05, 4.69) is 29.8 Å². The molecule has 14 aliphatic rings. The van der Waals surface area contributed by atoms with E-state index in [9.17, 15) is 57.5 Å². The number of hydrogen-bond donors (Lipinski definition) is 3. The van der Waals surface area contributed by atoms with Gasteiger partial charge in [-0.2, -0.15) is 0 Å². The number of imide groups is 2. The molecule has 0 aromatic heterocycles. The molecular weight excluding hydrogens is 1070 g/mol. The van der Waals surface area contributed by atoms with Gasteiger partial charge in [0.25, 0.3) is 23.6 Å². The van der Waals surface area contributed by atoms with Gasteiger partial charge in [0.1, 0.15) is 0 Å². The van der Waals surface area contributed by atoms with Gasteiger partial charge in [0.2, 0.25) is 25.4 Å². The molecule has 0 spiro atoms. The van der Waals surface area contributed by atoms with Crippen molar-refractivity contribution >= 4 is 71.3 Å². The second-order valence-corrected chi connectivity index (χ2v) is 26.4. The maximum atomic E-state index is 12.4. The molecule has 2 aliphatic heterocycles. The van der Waals surface area contributed by atoms with E-state index in [4.69, 9.17) is 15.2 Å². The average Bonchev–Trinajstić information content (AvgIpc) is 4.06. The zero-order valence-electron chi connectivity index (χ0n) is 47.3. The number of nitrogens with zero attached hydrogens (tertiary/aromatic N) is 2. The van der Waals surface area contributed by atoms with E-state index in [1.165, 1.54) is 116 Å². The number of rotatable bonds is 23. The third-order valence-corrected chi connectivity index (χ3v) is 19.7. The van der Waals surface area contributed by atoms with Crippen LogP contribution < -0.4 is 16.4 Å². The third-order valence-electron chi connectivity index (χ3n) is 19.7. The number of nitrogens with one attached hydrogen (secondary N) is 2. The van der Waals surface area contributed by atoms with E-state index >= 15 is 0 Å². The van der Waals surface area contributed by atoms with Gasteiger partial charge in [-0.15, -0.1) is 10.1 Å². The molecule has 14 rings (SSSR count). The molecule has 23 heteroatoms. The highest BCUT2D eigenvalue weighted by atomic mass is 16.7. The maximum absolute atomic E-state index is 12.4. The molecule has 452 valence electrons. The van der Waals surface area contributed by atoms with Crippen LogP contribution in [0.5, 0.6) is 0 Å². The third kappa shape index (κ3) is 16.2. The van der Waals surface area contributed by atoms with Gasteiger partial charge in [0.15, 0.2) is 0 Å². The molecule has 12 bridgehead atoms. The summed E-state index contributed by atoms with van der Waals surface area (Å²) in [5, 5.41) is 6.83. The molecule has 0 aromatic carbocycles. The van der Waals surface area contributed by atoms with Crippen LogP contribution in [0.4, 0.5) is 0 Å². The first-order valence-corrected chi connectivity index (χ1v) is 30.2. The average molecular weight is 1150 g/mol. The fraction of sp³-hybridized carbons (Fsp3) is 0.797. The number of nitrogens with two attached hydrogens (primary N) is 1. The van der Waals surface area contributed by atoms with E-state index < -0.39 is 98.7 Å². The number of amides is 6. The Labute approximate surface area is 477 Å². The van der Waals surface area contributed by atoms with Crippen molar-refractivity contribution in [1.82, 2.24) is 20.8 Å². The summed E-state index contributed by atoms with van der Waals surface area (Å²) in [5.41, 5.74) is 7.08. The van der Waals surface area contributed by atoms with Gasteiger partial charge in [0.05, 0.1) is 38.5 Å². The van der Waals surface area contributed by atoms with Crippen molar-refractivity contribution in [2.45, 2.75) is 193 Å². The van der Waals surface area contributed by atoms with Gasteiger partial charge in [-0.3, -0.25) is 47.9 Å². The molecule has 2 heterocycles. The number of hydrogen-bond acceptors (Lipinski definition) is 19. The normalized spacial score (nSPS) is 32.7. The van der Waals surface area contributed by atoms with Gasteiger partial charge >= 0.3 is 35.8 Å². The topological polar surface area (TPSA) is 317 Å². The Hall–Kier alpha value is -6.00. The number of carbonyl (C=O) groups excluding carboxylic acids is 12. The predicted octanol–water partition coefficient (Wildman–Crippen LogP) is 5.22. The fourth-order valence-electron chi connectivity index (χ4n) is 17.4. The van der Waals surface area contributed by atoms with Crippen molar-refractivity contribution < 1.29 is 86.2 Å². The molecule has 2 saturated heterocycles. The van der Waals surface area contributed by atoms with Gasteiger partial charge < -0.3 is 45.0 Å². The number of ether oxygens (including phenoxy) is 4. The van der Waals surface area contributed by atoms with Crippen molar-refractivity contribution in [2.24, 2.45) is 75.2 Å². The largest absolute Gasteiger partial charge is 0.428 e. The quantitative estimate of drug-likeness (QED) is 0.0670. The number of carbonyl (C=O) groups is 12. The second-order valence-electron chi connectivity index (χ2n) is 26.4. The molecule has 82 heavy (non-hydrogen) atoms. The summed E-state index contributed by atoms with van der Waals surface area (Å²) in [7, 11) is 0. The van der Waals surface area contributed by atoms with Crippen LogP contribution in [0, 0.1) is 69.5 Å². The molecular formula is C59H83N5O18. The summed E-state index contributed by atoms with van der Waals surface area (Å²) in [6.45, 7) is 1.14. The van der Waals surface area contributed by atoms with E-state index in [0.717, 1.165) is 72.9 Å². The summed E-state index contributed by atoms with van der Waals surface area (Å²) < 4.78 is 19.1. The van der Waals surface area contributed by atoms with Crippen LogP contribution in [0.3, 0.4) is 0 Å². The van der Waals surface area contributed by atoms with Crippen molar-refractivity contribution in [1.29, 1.82) is 0 Å². The first-order chi connectivity index (χ1) is 39.2. The van der Waals surface area contributed by atoms with E-state index in [1.54, 1.807) is 0 Å². The smallest absolute Gasteiger partial charge is 0.333 e. The minimum atomic E-state index is -0.994. The fourth-order valence-corrected chi connectivity index (χ4v) is 17.4. The Kier molecular flexibility index (Phi) is 19.7. The van der Waals surface area contributed by atoms with E-state index in [0.29, 0.717) is 15.5 Å². The SMILES string of the molecule is NCC12CC3CC(CC(C3)C1)C2.O=C(CCC(=O)OCOC(=O)CCC(=O)NCC12CC3CC(CC(C3)C1)C2)NCC12CC3CC(CC(C3)C1)C2.O=C(CCC(=O)ON1C(=O)CCC1=O)OCOC(=O)CCC(=O)ON1C(=O)CCC1=O. The predicted molar refractivity (Wildman–Crippen MR) is 282 cm³/mol. The molecule has 0 atom stereocenters. The first kappa shape index (κ1) is 60.6. The van der Waals surface area contributed by atoms with Crippen LogP contribution in [0.2, 0.25) is 0 Å². The van der Waals surface area contributed by atoms with Crippen LogP contribution in [-0.2, 0) is 86.2 Å².